The van der Waals surface area contributed by atoms with E-state index in [0.29, 0.717) is 26.1 Å². The second-order valence-electron chi connectivity index (χ2n) is 5.61. The standard InChI is InChI=1S/C15H17F3N2O2/c16-15(17,18)10-20-6-5-12(14(20)21)19-7-8-22-13-4-2-1-3-11(13)9-19/h1-4,12H,5-10H2. The Morgan fingerprint density at radius 3 is 2.77 bits per heavy atom. The van der Waals surface area contributed by atoms with Crippen molar-refractivity contribution in [3.63, 3.8) is 0 Å². The normalized spacial score (nSPS) is 23.1. The summed E-state index contributed by atoms with van der Waals surface area (Å²) in [5.74, 6) is 0.347. The minimum Gasteiger partial charge on any atom is -0.492 e. The summed E-state index contributed by atoms with van der Waals surface area (Å²) in [6.45, 7) is 0.475. The molecule has 4 nitrogen and oxygen atoms in total. The van der Waals surface area contributed by atoms with E-state index in [-0.39, 0.29) is 6.54 Å². The number of rotatable bonds is 2. The van der Waals surface area contributed by atoms with Crippen molar-refractivity contribution < 1.29 is 22.7 Å². The summed E-state index contributed by atoms with van der Waals surface area (Å²) in [5, 5.41) is 0. The molecule has 120 valence electrons. The average Bonchev–Trinajstić information content (AvgIpc) is 2.69. The highest BCUT2D eigenvalue weighted by Gasteiger charge is 2.41. The van der Waals surface area contributed by atoms with Crippen LogP contribution in [0.15, 0.2) is 24.3 Å². The fourth-order valence-corrected chi connectivity index (χ4v) is 3.05. The van der Waals surface area contributed by atoms with Gasteiger partial charge in [0.25, 0.3) is 0 Å². The molecule has 1 amide bonds. The number of para-hydroxylation sites is 1. The summed E-state index contributed by atoms with van der Waals surface area (Å²) >= 11 is 0. The molecule has 0 aliphatic carbocycles. The molecule has 3 rings (SSSR count). The minimum atomic E-state index is -4.35. The van der Waals surface area contributed by atoms with E-state index in [9.17, 15) is 18.0 Å². The first-order valence-electron chi connectivity index (χ1n) is 7.24. The third-order valence-electron chi connectivity index (χ3n) is 4.06. The van der Waals surface area contributed by atoms with Crippen LogP contribution in [0.2, 0.25) is 0 Å². The van der Waals surface area contributed by atoms with E-state index < -0.39 is 24.7 Å². The van der Waals surface area contributed by atoms with Crippen LogP contribution < -0.4 is 4.74 Å². The van der Waals surface area contributed by atoms with Gasteiger partial charge in [0.2, 0.25) is 5.91 Å². The molecular weight excluding hydrogens is 297 g/mol. The van der Waals surface area contributed by atoms with Crippen molar-refractivity contribution in [2.45, 2.75) is 25.2 Å². The zero-order chi connectivity index (χ0) is 15.7. The Hall–Kier alpha value is -1.76. The Balaban J connectivity index is 1.71. The number of carbonyl (C=O) groups is 1. The van der Waals surface area contributed by atoms with E-state index in [1.165, 1.54) is 0 Å². The van der Waals surface area contributed by atoms with Crippen molar-refractivity contribution in [2.24, 2.45) is 0 Å². The maximum absolute atomic E-state index is 12.5. The number of amides is 1. The molecule has 1 saturated heterocycles. The average molecular weight is 314 g/mol. The summed E-state index contributed by atoms with van der Waals surface area (Å²) in [7, 11) is 0. The molecule has 0 spiro atoms. The van der Waals surface area contributed by atoms with Gasteiger partial charge in [-0.15, -0.1) is 0 Å². The fourth-order valence-electron chi connectivity index (χ4n) is 3.05. The number of hydrogen-bond acceptors (Lipinski definition) is 3. The molecule has 0 aromatic heterocycles. The molecular formula is C15H17F3N2O2. The molecule has 0 N–H and O–H groups in total. The van der Waals surface area contributed by atoms with Crippen molar-refractivity contribution in [3.8, 4) is 5.75 Å². The lowest BCUT2D eigenvalue weighted by molar-refractivity contribution is -0.159. The maximum atomic E-state index is 12.5. The summed E-state index contributed by atoms with van der Waals surface area (Å²) in [4.78, 5) is 15.1. The molecule has 0 bridgehead atoms. The third-order valence-corrected chi connectivity index (χ3v) is 4.06. The van der Waals surface area contributed by atoms with Crippen LogP contribution in [0.4, 0.5) is 13.2 Å². The Morgan fingerprint density at radius 1 is 1.23 bits per heavy atom. The molecule has 1 aromatic carbocycles. The van der Waals surface area contributed by atoms with Crippen LogP contribution in [-0.4, -0.2) is 54.2 Å². The molecule has 7 heteroatoms. The van der Waals surface area contributed by atoms with Gasteiger partial charge >= 0.3 is 6.18 Å². The van der Waals surface area contributed by atoms with Gasteiger partial charge < -0.3 is 9.64 Å². The van der Waals surface area contributed by atoms with Crippen LogP contribution >= 0.6 is 0 Å². The lowest BCUT2D eigenvalue weighted by atomic mass is 10.1. The van der Waals surface area contributed by atoms with Crippen molar-refractivity contribution in [2.75, 3.05) is 26.2 Å². The quantitative estimate of drug-likeness (QED) is 0.837. The van der Waals surface area contributed by atoms with Gasteiger partial charge in [-0.25, -0.2) is 0 Å². The molecule has 2 heterocycles. The van der Waals surface area contributed by atoms with Crippen molar-refractivity contribution in [1.82, 2.24) is 9.80 Å². The van der Waals surface area contributed by atoms with Gasteiger partial charge in [-0.1, -0.05) is 18.2 Å². The number of benzene rings is 1. The number of hydrogen-bond donors (Lipinski definition) is 0. The first-order chi connectivity index (χ1) is 10.4. The Bertz CT molecular complexity index is 562. The molecule has 22 heavy (non-hydrogen) atoms. The monoisotopic (exact) mass is 314 g/mol. The zero-order valence-corrected chi connectivity index (χ0v) is 12.0. The van der Waals surface area contributed by atoms with Crippen molar-refractivity contribution >= 4 is 5.91 Å². The Morgan fingerprint density at radius 2 is 2.00 bits per heavy atom. The molecule has 1 aromatic rings. The van der Waals surface area contributed by atoms with E-state index in [1.54, 1.807) is 0 Å². The number of alkyl halides is 3. The Kier molecular flexibility index (Phi) is 3.99. The van der Waals surface area contributed by atoms with Gasteiger partial charge in [0.15, 0.2) is 0 Å². The second-order valence-corrected chi connectivity index (χ2v) is 5.61. The van der Waals surface area contributed by atoms with Crippen LogP contribution in [0, 0.1) is 0 Å². The summed E-state index contributed by atoms with van der Waals surface area (Å²) in [6, 6.07) is 7.06. The van der Waals surface area contributed by atoms with Gasteiger partial charge in [0.1, 0.15) is 18.9 Å². The molecule has 0 saturated carbocycles. The molecule has 2 aliphatic heterocycles. The predicted octanol–water partition coefficient (Wildman–Crippen LogP) is 2.04. The van der Waals surface area contributed by atoms with Gasteiger partial charge in [0, 0.05) is 25.2 Å². The molecule has 1 fully saturated rings. The Labute approximate surface area is 126 Å². The topological polar surface area (TPSA) is 32.8 Å². The SMILES string of the molecule is O=C1C(N2CCOc3ccccc3C2)CCN1CC(F)(F)F. The number of halogens is 3. The maximum Gasteiger partial charge on any atom is 0.406 e. The second kappa shape index (κ2) is 5.79. The highest BCUT2D eigenvalue weighted by Crippen LogP contribution is 2.28. The van der Waals surface area contributed by atoms with Gasteiger partial charge in [-0.2, -0.15) is 13.2 Å². The lowest BCUT2D eigenvalue weighted by Gasteiger charge is -2.26. The van der Waals surface area contributed by atoms with E-state index >= 15 is 0 Å². The number of nitrogens with zero attached hydrogens (tertiary/aromatic N) is 2. The van der Waals surface area contributed by atoms with Crippen molar-refractivity contribution in [1.29, 1.82) is 0 Å². The van der Waals surface area contributed by atoms with Crippen LogP contribution in [0.1, 0.15) is 12.0 Å². The number of carbonyl (C=O) groups excluding carboxylic acids is 1. The summed E-state index contributed by atoms with van der Waals surface area (Å²) < 4.78 is 43.1. The summed E-state index contributed by atoms with van der Waals surface area (Å²) in [5.41, 5.74) is 0.960. The summed E-state index contributed by atoms with van der Waals surface area (Å²) in [6.07, 6.45) is -3.92. The highest BCUT2D eigenvalue weighted by atomic mass is 19.4. The van der Waals surface area contributed by atoms with E-state index in [0.717, 1.165) is 16.2 Å². The smallest absolute Gasteiger partial charge is 0.406 e. The lowest BCUT2D eigenvalue weighted by Crippen LogP contribution is -2.44. The van der Waals surface area contributed by atoms with E-state index in [4.69, 9.17) is 4.74 Å². The number of fused-ring (bicyclic) bond motifs is 1. The number of ether oxygens (including phenoxy) is 1. The first-order valence-corrected chi connectivity index (χ1v) is 7.24. The third kappa shape index (κ3) is 3.19. The zero-order valence-electron chi connectivity index (χ0n) is 12.0. The van der Waals surface area contributed by atoms with Crippen LogP contribution in [0.5, 0.6) is 5.75 Å². The van der Waals surface area contributed by atoms with Gasteiger partial charge in [0.05, 0.1) is 6.04 Å². The van der Waals surface area contributed by atoms with E-state index in [1.807, 2.05) is 29.2 Å². The molecule has 1 unspecified atom stereocenters. The fraction of sp³-hybridized carbons (Fsp3) is 0.533. The molecule has 0 radical (unpaired) electrons. The first kappa shape index (κ1) is 15.1. The molecule has 1 atom stereocenters. The van der Waals surface area contributed by atoms with Crippen LogP contribution in [0.25, 0.3) is 0 Å². The van der Waals surface area contributed by atoms with Crippen molar-refractivity contribution in [3.05, 3.63) is 29.8 Å². The predicted molar refractivity (Wildman–Crippen MR) is 73.4 cm³/mol. The van der Waals surface area contributed by atoms with E-state index in [2.05, 4.69) is 0 Å². The van der Waals surface area contributed by atoms with Crippen LogP contribution in [0.3, 0.4) is 0 Å². The van der Waals surface area contributed by atoms with Crippen LogP contribution in [-0.2, 0) is 11.3 Å². The van der Waals surface area contributed by atoms with Gasteiger partial charge in [-0.05, 0) is 12.5 Å². The highest BCUT2D eigenvalue weighted by molar-refractivity contribution is 5.84. The number of likely N-dealkylation sites (tertiary alicyclic amines) is 1. The van der Waals surface area contributed by atoms with Gasteiger partial charge in [-0.3, -0.25) is 9.69 Å². The minimum absolute atomic E-state index is 0.155. The molecule has 2 aliphatic rings. The largest absolute Gasteiger partial charge is 0.492 e.